The van der Waals surface area contributed by atoms with Crippen molar-refractivity contribution in [3.8, 4) is 0 Å². The minimum Gasteiger partial charge on any atom is -0.464 e. The van der Waals surface area contributed by atoms with Crippen LogP contribution in [0.4, 0.5) is 0 Å². The highest BCUT2D eigenvalue weighted by molar-refractivity contribution is 9.10. The highest BCUT2D eigenvalue weighted by Gasteiger charge is 2.22. The van der Waals surface area contributed by atoms with E-state index in [9.17, 15) is 4.79 Å². The number of benzene rings is 1. The van der Waals surface area contributed by atoms with Gasteiger partial charge in [-0.05, 0) is 47.0 Å². The SMILES string of the molecule is COC(=O)c1c(C)c2c(Br)c(Cl)ccc2n1CCCOP. The first kappa shape index (κ1) is 16.8. The van der Waals surface area contributed by atoms with Gasteiger partial charge < -0.3 is 13.8 Å². The molecule has 0 aliphatic rings. The summed E-state index contributed by atoms with van der Waals surface area (Å²) in [4.78, 5) is 12.1. The molecule has 0 bridgehead atoms. The van der Waals surface area contributed by atoms with Gasteiger partial charge in [0.25, 0.3) is 0 Å². The van der Waals surface area contributed by atoms with Crippen molar-refractivity contribution in [3.63, 3.8) is 0 Å². The fraction of sp³-hybridized carbons (Fsp3) is 0.357. The lowest BCUT2D eigenvalue weighted by atomic mass is 10.1. The van der Waals surface area contributed by atoms with Crippen LogP contribution in [0.2, 0.25) is 5.02 Å². The smallest absolute Gasteiger partial charge is 0.354 e. The van der Waals surface area contributed by atoms with Crippen LogP contribution in [0.1, 0.15) is 22.5 Å². The van der Waals surface area contributed by atoms with Crippen molar-refractivity contribution in [2.75, 3.05) is 13.7 Å². The van der Waals surface area contributed by atoms with Crippen LogP contribution in [0.25, 0.3) is 10.9 Å². The van der Waals surface area contributed by atoms with Gasteiger partial charge in [0.1, 0.15) is 5.69 Å². The molecule has 1 heterocycles. The van der Waals surface area contributed by atoms with Gasteiger partial charge in [0, 0.05) is 25.9 Å². The molecule has 2 aromatic rings. The van der Waals surface area contributed by atoms with E-state index in [1.165, 1.54) is 7.11 Å². The van der Waals surface area contributed by atoms with Crippen LogP contribution >= 0.6 is 37.0 Å². The average molecular weight is 393 g/mol. The maximum absolute atomic E-state index is 12.1. The third-order valence-electron chi connectivity index (χ3n) is 3.39. The van der Waals surface area contributed by atoms with E-state index in [0.29, 0.717) is 23.9 Å². The molecule has 4 nitrogen and oxygen atoms in total. The molecule has 0 spiro atoms. The van der Waals surface area contributed by atoms with Crippen LogP contribution in [-0.4, -0.2) is 24.3 Å². The van der Waals surface area contributed by atoms with Gasteiger partial charge in [-0.25, -0.2) is 4.79 Å². The summed E-state index contributed by atoms with van der Waals surface area (Å²) in [5.74, 6) is -0.349. The number of hydrogen-bond acceptors (Lipinski definition) is 3. The standard InChI is InChI=1S/C14H16BrClNO3P/c1-8-11-10(5-4-9(16)12(11)15)17(6-3-7-20-21)13(8)14(18)19-2/h4-5H,3,6-7,21H2,1-2H3. The molecule has 0 aliphatic carbocycles. The molecule has 1 aromatic heterocycles. The molecular formula is C14H16BrClNO3P. The predicted molar refractivity (Wildman–Crippen MR) is 91.0 cm³/mol. The Morgan fingerprint density at radius 1 is 1.48 bits per heavy atom. The number of fused-ring (bicyclic) bond motifs is 1. The Kier molecular flexibility index (Phi) is 5.67. The van der Waals surface area contributed by atoms with Crippen LogP contribution in [0, 0.1) is 6.92 Å². The van der Waals surface area contributed by atoms with E-state index >= 15 is 0 Å². The van der Waals surface area contributed by atoms with Crippen molar-refractivity contribution >= 4 is 53.9 Å². The van der Waals surface area contributed by atoms with Gasteiger partial charge in [0.15, 0.2) is 0 Å². The molecule has 0 aliphatic heterocycles. The summed E-state index contributed by atoms with van der Waals surface area (Å²) < 4.78 is 12.7. The zero-order valence-electron chi connectivity index (χ0n) is 11.8. The van der Waals surface area contributed by atoms with Gasteiger partial charge in [0.05, 0.1) is 24.3 Å². The molecule has 0 N–H and O–H groups in total. The zero-order valence-corrected chi connectivity index (χ0v) is 15.3. The molecule has 1 aromatic carbocycles. The number of aromatic nitrogens is 1. The lowest BCUT2D eigenvalue weighted by molar-refractivity contribution is 0.0587. The molecule has 0 fully saturated rings. The minimum atomic E-state index is -0.349. The molecule has 0 saturated carbocycles. The summed E-state index contributed by atoms with van der Waals surface area (Å²) in [5.41, 5.74) is 2.37. The number of nitrogens with zero attached hydrogens (tertiary/aromatic N) is 1. The Labute approximate surface area is 139 Å². The van der Waals surface area contributed by atoms with E-state index in [4.69, 9.17) is 20.9 Å². The molecular weight excluding hydrogens is 376 g/mol. The van der Waals surface area contributed by atoms with Gasteiger partial charge in [-0.3, -0.25) is 0 Å². The second-order valence-corrected chi connectivity index (χ2v) is 6.13. The summed E-state index contributed by atoms with van der Waals surface area (Å²) in [7, 11) is 3.61. The number of esters is 1. The quantitative estimate of drug-likeness (QED) is 0.431. The van der Waals surface area contributed by atoms with Crippen LogP contribution < -0.4 is 0 Å². The lowest BCUT2D eigenvalue weighted by Crippen LogP contribution is -2.12. The Balaban J connectivity index is 2.67. The van der Waals surface area contributed by atoms with Crippen molar-refractivity contribution in [2.45, 2.75) is 19.9 Å². The molecule has 1 atom stereocenters. The number of hydrogen-bond donors (Lipinski definition) is 0. The fourth-order valence-electron chi connectivity index (χ4n) is 2.46. The molecule has 0 saturated heterocycles. The van der Waals surface area contributed by atoms with Crippen molar-refractivity contribution in [1.82, 2.24) is 4.57 Å². The number of aryl methyl sites for hydroxylation is 2. The Hall–Kier alpha value is -0.610. The fourth-order valence-corrected chi connectivity index (χ4v) is 3.42. The number of rotatable bonds is 5. The van der Waals surface area contributed by atoms with E-state index in [0.717, 1.165) is 27.4 Å². The van der Waals surface area contributed by atoms with Crippen molar-refractivity contribution < 1.29 is 14.1 Å². The van der Waals surface area contributed by atoms with Crippen molar-refractivity contribution in [2.24, 2.45) is 0 Å². The van der Waals surface area contributed by atoms with E-state index in [2.05, 4.69) is 25.4 Å². The minimum absolute atomic E-state index is 0.349. The number of ether oxygens (including phenoxy) is 1. The van der Waals surface area contributed by atoms with E-state index < -0.39 is 0 Å². The molecule has 1 unspecified atom stereocenters. The molecule has 0 amide bonds. The maximum Gasteiger partial charge on any atom is 0.354 e. The highest BCUT2D eigenvalue weighted by atomic mass is 79.9. The van der Waals surface area contributed by atoms with Crippen molar-refractivity contribution in [3.05, 3.63) is 32.9 Å². The third-order valence-corrected chi connectivity index (χ3v) is 4.99. The first-order chi connectivity index (χ1) is 10.0. The number of halogens is 2. The Morgan fingerprint density at radius 3 is 2.81 bits per heavy atom. The monoisotopic (exact) mass is 391 g/mol. The van der Waals surface area contributed by atoms with Gasteiger partial charge in [-0.1, -0.05) is 11.6 Å². The number of methoxy groups -OCH3 is 1. The first-order valence-corrected chi connectivity index (χ1v) is 8.04. The molecule has 114 valence electrons. The van der Waals surface area contributed by atoms with Gasteiger partial charge in [-0.2, -0.15) is 0 Å². The normalized spacial score (nSPS) is 11.1. The summed E-state index contributed by atoms with van der Waals surface area (Å²) in [6.07, 6.45) is 0.789. The molecule has 7 heteroatoms. The van der Waals surface area contributed by atoms with E-state index in [1.807, 2.05) is 23.6 Å². The summed E-state index contributed by atoms with van der Waals surface area (Å²) >= 11 is 9.67. The van der Waals surface area contributed by atoms with Crippen LogP contribution in [-0.2, 0) is 15.8 Å². The average Bonchev–Trinajstić information content (AvgIpc) is 2.75. The summed E-state index contributed by atoms with van der Waals surface area (Å²) in [6, 6.07) is 3.74. The second-order valence-electron chi connectivity index (χ2n) is 4.60. The predicted octanol–water partition coefficient (Wildman–Crippen LogP) is 4.35. The maximum atomic E-state index is 12.1. The van der Waals surface area contributed by atoms with Gasteiger partial charge >= 0.3 is 5.97 Å². The van der Waals surface area contributed by atoms with Gasteiger partial charge in [0.2, 0.25) is 0 Å². The zero-order chi connectivity index (χ0) is 15.6. The van der Waals surface area contributed by atoms with Crippen LogP contribution in [0.3, 0.4) is 0 Å². The lowest BCUT2D eigenvalue weighted by Gasteiger charge is -2.09. The van der Waals surface area contributed by atoms with Gasteiger partial charge in [-0.15, -0.1) is 0 Å². The molecule has 2 rings (SSSR count). The Morgan fingerprint density at radius 2 is 2.19 bits per heavy atom. The van der Waals surface area contributed by atoms with Crippen molar-refractivity contribution in [1.29, 1.82) is 0 Å². The molecule has 0 radical (unpaired) electrons. The van der Waals surface area contributed by atoms with Crippen LogP contribution in [0.15, 0.2) is 16.6 Å². The second kappa shape index (κ2) is 7.10. The van der Waals surface area contributed by atoms with E-state index in [-0.39, 0.29) is 5.97 Å². The summed E-state index contributed by atoms with van der Waals surface area (Å²) in [5, 5.41) is 1.56. The third kappa shape index (κ3) is 3.11. The number of carbonyl (C=O) groups is 1. The van der Waals surface area contributed by atoms with E-state index in [1.54, 1.807) is 0 Å². The largest absolute Gasteiger partial charge is 0.464 e. The number of carbonyl (C=O) groups excluding carboxylic acids is 1. The Bertz CT molecular complexity index is 687. The first-order valence-electron chi connectivity index (χ1n) is 6.39. The highest BCUT2D eigenvalue weighted by Crippen LogP contribution is 2.36. The topological polar surface area (TPSA) is 40.5 Å². The molecule has 21 heavy (non-hydrogen) atoms. The van der Waals surface area contributed by atoms with Crippen LogP contribution in [0.5, 0.6) is 0 Å². The summed E-state index contributed by atoms with van der Waals surface area (Å²) in [6.45, 7) is 3.16.